The van der Waals surface area contributed by atoms with Crippen LogP contribution in [0.3, 0.4) is 0 Å². The summed E-state index contributed by atoms with van der Waals surface area (Å²) in [7, 11) is 0. The van der Waals surface area contributed by atoms with Crippen molar-refractivity contribution in [3.8, 4) is 5.75 Å². The standard InChI is InChI=1S/C30H32N2O4/c1-4-6-16-36-24-13-14-25(20(3)17-24)28(33)26-27(23-11-9-21(5-2)10-12-23)32(30(35)29(26)34)19-22-8-7-15-31-18-22/h7-15,17-18,27,33H,4-6,16,19H2,1-3H3/b28-26+/t27-/m0/s1. The third-order valence-corrected chi connectivity index (χ3v) is 6.54. The number of aromatic nitrogens is 1. The lowest BCUT2D eigenvalue weighted by Gasteiger charge is -2.25. The smallest absolute Gasteiger partial charge is 0.295 e. The molecule has 1 saturated heterocycles. The van der Waals surface area contributed by atoms with Crippen molar-refractivity contribution in [2.45, 2.75) is 52.6 Å². The third-order valence-electron chi connectivity index (χ3n) is 6.54. The molecule has 1 aromatic heterocycles. The number of rotatable bonds is 9. The number of aliphatic hydroxyl groups excluding tert-OH is 1. The lowest BCUT2D eigenvalue weighted by Crippen LogP contribution is -2.29. The van der Waals surface area contributed by atoms with Gasteiger partial charge in [0.25, 0.3) is 11.7 Å². The van der Waals surface area contributed by atoms with Gasteiger partial charge in [-0.1, -0.05) is 50.6 Å². The maximum Gasteiger partial charge on any atom is 0.295 e. The Morgan fingerprint density at radius 3 is 2.47 bits per heavy atom. The average Bonchev–Trinajstić information content (AvgIpc) is 3.14. The Labute approximate surface area is 212 Å². The monoisotopic (exact) mass is 484 g/mol. The van der Waals surface area contributed by atoms with Gasteiger partial charge in [-0.05, 0) is 66.3 Å². The summed E-state index contributed by atoms with van der Waals surface area (Å²) >= 11 is 0. The van der Waals surface area contributed by atoms with Gasteiger partial charge in [0.1, 0.15) is 11.5 Å². The highest BCUT2D eigenvalue weighted by Crippen LogP contribution is 2.41. The zero-order valence-electron chi connectivity index (χ0n) is 21.0. The molecule has 4 rings (SSSR count). The number of benzene rings is 2. The second-order valence-corrected chi connectivity index (χ2v) is 9.06. The lowest BCUT2D eigenvalue weighted by atomic mass is 9.93. The molecule has 1 aliphatic rings. The SMILES string of the molecule is CCCCOc1ccc(/C(O)=C2\C(=O)C(=O)N(Cc3cccnc3)[C@H]2c2ccc(CC)cc2)c(C)c1. The Kier molecular flexibility index (Phi) is 7.84. The third kappa shape index (κ3) is 5.18. The Morgan fingerprint density at radius 1 is 1.06 bits per heavy atom. The number of carbonyl (C=O) groups excluding carboxylic acids is 2. The first-order chi connectivity index (χ1) is 17.4. The lowest BCUT2D eigenvalue weighted by molar-refractivity contribution is -0.140. The van der Waals surface area contributed by atoms with Crippen LogP contribution in [0.4, 0.5) is 0 Å². The molecule has 0 unspecified atom stereocenters. The fourth-order valence-electron chi connectivity index (χ4n) is 4.48. The van der Waals surface area contributed by atoms with E-state index in [4.69, 9.17) is 4.74 Å². The van der Waals surface area contributed by atoms with Crippen molar-refractivity contribution in [2.75, 3.05) is 6.61 Å². The molecule has 0 spiro atoms. The quantitative estimate of drug-likeness (QED) is 0.181. The Morgan fingerprint density at radius 2 is 1.83 bits per heavy atom. The zero-order chi connectivity index (χ0) is 25.7. The maximum atomic E-state index is 13.3. The van der Waals surface area contributed by atoms with Crippen LogP contribution in [0.2, 0.25) is 0 Å². The number of amides is 1. The second kappa shape index (κ2) is 11.2. The van der Waals surface area contributed by atoms with E-state index in [1.807, 2.05) is 43.3 Å². The van der Waals surface area contributed by atoms with Crippen molar-refractivity contribution < 1.29 is 19.4 Å². The summed E-state index contributed by atoms with van der Waals surface area (Å²) in [6.07, 6.45) is 6.21. The number of hydrogen-bond acceptors (Lipinski definition) is 5. The highest BCUT2D eigenvalue weighted by Gasteiger charge is 2.46. The highest BCUT2D eigenvalue weighted by atomic mass is 16.5. The summed E-state index contributed by atoms with van der Waals surface area (Å²) in [5.74, 6) is -0.795. The number of aryl methyl sites for hydroxylation is 2. The number of Topliss-reactive ketones (excluding diaryl/α,β-unsaturated/α-hetero) is 1. The summed E-state index contributed by atoms with van der Waals surface area (Å²) in [5, 5.41) is 11.4. The molecule has 186 valence electrons. The molecule has 6 nitrogen and oxygen atoms in total. The van der Waals surface area contributed by atoms with Gasteiger partial charge in [0.15, 0.2) is 0 Å². The van der Waals surface area contributed by atoms with E-state index in [1.54, 1.807) is 30.6 Å². The average molecular weight is 485 g/mol. The number of ketones is 1. The van der Waals surface area contributed by atoms with Gasteiger partial charge in [0, 0.05) is 24.5 Å². The summed E-state index contributed by atoms with van der Waals surface area (Å²) in [4.78, 5) is 32.2. The number of nitrogens with zero attached hydrogens (tertiary/aromatic N) is 2. The van der Waals surface area contributed by atoms with Crippen molar-refractivity contribution in [3.63, 3.8) is 0 Å². The van der Waals surface area contributed by atoms with E-state index in [9.17, 15) is 14.7 Å². The summed E-state index contributed by atoms with van der Waals surface area (Å²) < 4.78 is 5.79. The normalized spacial score (nSPS) is 17.0. The topological polar surface area (TPSA) is 79.7 Å². The van der Waals surface area contributed by atoms with Crippen molar-refractivity contribution >= 4 is 17.4 Å². The molecular formula is C30H32N2O4. The molecule has 0 aliphatic carbocycles. The molecule has 2 heterocycles. The summed E-state index contributed by atoms with van der Waals surface area (Å²) in [6, 6.07) is 16.2. The van der Waals surface area contributed by atoms with Gasteiger partial charge in [0.05, 0.1) is 18.2 Å². The van der Waals surface area contributed by atoms with Crippen LogP contribution in [0.1, 0.15) is 60.5 Å². The second-order valence-electron chi connectivity index (χ2n) is 9.06. The number of likely N-dealkylation sites (tertiary alicyclic amines) is 1. The Bertz CT molecular complexity index is 1270. The van der Waals surface area contributed by atoms with Crippen LogP contribution in [0.5, 0.6) is 5.75 Å². The van der Waals surface area contributed by atoms with Gasteiger partial charge >= 0.3 is 0 Å². The van der Waals surface area contributed by atoms with Crippen LogP contribution >= 0.6 is 0 Å². The van der Waals surface area contributed by atoms with E-state index in [0.717, 1.165) is 41.5 Å². The van der Waals surface area contributed by atoms with Crippen molar-refractivity contribution in [1.82, 2.24) is 9.88 Å². The molecule has 36 heavy (non-hydrogen) atoms. The number of hydrogen-bond donors (Lipinski definition) is 1. The molecule has 3 aromatic rings. The van der Waals surface area contributed by atoms with Crippen LogP contribution in [-0.2, 0) is 22.6 Å². The predicted molar refractivity (Wildman–Crippen MR) is 139 cm³/mol. The molecule has 1 atom stereocenters. The minimum absolute atomic E-state index is 0.0934. The molecular weight excluding hydrogens is 452 g/mol. The van der Waals surface area contributed by atoms with E-state index in [-0.39, 0.29) is 17.9 Å². The minimum atomic E-state index is -0.712. The van der Waals surface area contributed by atoms with Crippen LogP contribution in [-0.4, -0.2) is 33.3 Å². The first-order valence-corrected chi connectivity index (χ1v) is 12.4. The number of ether oxygens (including phenoxy) is 1. The summed E-state index contributed by atoms with van der Waals surface area (Å²) in [5.41, 5.74) is 4.09. The van der Waals surface area contributed by atoms with Crippen LogP contribution in [0.25, 0.3) is 5.76 Å². The molecule has 6 heteroatoms. The molecule has 0 radical (unpaired) electrons. The number of aliphatic hydroxyl groups is 1. The van der Waals surface area contributed by atoms with E-state index in [1.165, 1.54) is 4.90 Å². The van der Waals surface area contributed by atoms with Crippen molar-refractivity contribution in [2.24, 2.45) is 0 Å². The van der Waals surface area contributed by atoms with E-state index >= 15 is 0 Å². The highest BCUT2D eigenvalue weighted by molar-refractivity contribution is 6.46. The zero-order valence-corrected chi connectivity index (χ0v) is 21.0. The molecule has 2 aromatic carbocycles. The van der Waals surface area contributed by atoms with Gasteiger partial charge in [-0.2, -0.15) is 0 Å². The molecule has 1 amide bonds. The van der Waals surface area contributed by atoms with Gasteiger partial charge in [-0.15, -0.1) is 0 Å². The van der Waals surface area contributed by atoms with Gasteiger partial charge in [-0.25, -0.2) is 0 Å². The number of unbranched alkanes of at least 4 members (excludes halogenated alkanes) is 1. The maximum absolute atomic E-state index is 13.3. The molecule has 0 saturated carbocycles. The van der Waals surface area contributed by atoms with Crippen LogP contribution in [0, 0.1) is 6.92 Å². The summed E-state index contributed by atoms with van der Waals surface area (Å²) in [6.45, 7) is 6.86. The Balaban J connectivity index is 1.78. The fourth-order valence-corrected chi connectivity index (χ4v) is 4.48. The van der Waals surface area contributed by atoms with Crippen LogP contribution in [0.15, 0.2) is 72.6 Å². The first-order valence-electron chi connectivity index (χ1n) is 12.4. The molecule has 1 fully saturated rings. The first kappa shape index (κ1) is 25.2. The van der Waals surface area contributed by atoms with Crippen molar-refractivity contribution in [1.29, 1.82) is 0 Å². The molecule has 0 bridgehead atoms. The van der Waals surface area contributed by atoms with Gasteiger partial charge in [0.2, 0.25) is 0 Å². The van der Waals surface area contributed by atoms with E-state index in [2.05, 4.69) is 18.8 Å². The van der Waals surface area contributed by atoms with E-state index < -0.39 is 17.7 Å². The van der Waals surface area contributed by atoms with E-state index in [0.29, 0.717) is 17.9 Å². The number of pyridine rings is 1. The molecule has 1 N–H and O–H groups in total. The number of carbonyl (C=O) groups is 2. The Hall–Kier alpha value is -3.93. The van der Waals surface area contributed by atoms with Gasteiger partial charge < -0.3 is 14.7 Å². The minimum Gasteiger partial charge on any atom is -0.507 e. The largest absolute Gasteiger partial charge is 0.507 e. The van der Waals surface area contributed by atoms with Gasteiger partial charge in [-0.3, -0.25) is 14.6 Å². The fraction of sp³-hybridized carbons (Fsp3) is 0.300. The molecule has 1 aliphatic heterocycles. The predicted octanol–water partition coefficient (Wildman–Crippen LogP) is 5.75. The van der Waals surface area contributed by atoms with Crippen molar-refractivity contribution in [3.05, 3.63) is 100 Å². The van der Waals surface area contributed by atoms with Crippen LogP contribution < -0.4 is 4.74 Å².